The summed E-state index contributed by atoms with van der Waals surface area (Å²) in [7, 11) is 0. The topological polar surface area (TPSA) is 77.3 Å². The number of rotatable bonds is 6. The van der Waals surface area contributed by atoms with Gasteiger partial charge in [0.1, 0.15) is 11.4 Å². The lowest BCUT2D eigenvalue weighted by Crippen LogP contribution is -2.00. The Morgan fingerprint density at radius 3 is 1.97 bits per heavy atom. The maximum Gasteiger partial charge on any atom is 0.178 e. The van der Waals surface area contributed by atoms with Gasteiger partial charge < -0.3 is 0 Å². The molecule has 0 amide bonds. The van der Waals surface area contributed by atoms with Crippen molar-refractivity contribution in [1.82, 2.24) is 29.9 Å². The van der Waals surface area contributed by atoms with Crippen LogP contribution in [0.25, 0.3) is 23.0 Å². The van der Waals surface area contributed by atoms with E-state index in [1.54, 1.807) is 12.4 Å². The van der Waals surface area contributed by atoms with Crippen LogP contribution in [0.2, 0.25) is 0 Å². The predicted molar refractivity (Wildman–Crippen MR) is 112 cm³/mol. The molecule has 0 N–H and O–H groups in total. The third kappa shape index (κ3) is 4.85. The molecule has 0 unspecified atom stereocenters. The van der Waals surface area contributed by atoms with Gasteiger partial charge in [0.25, 0.3) is 0 Å². The quantitative estimate of drug-likeness (QED) is 0.498. The Morgan fingerprint density at radius 2 is 1.21 bits per heavy atom. The first kappa shape index (κ1) is 18.8. The molecule has 0 radical (unpaired) electrons. The monoisotopic (exact) mass is 382 g/mol. The molecule has 0 saturated heterocycles. The molecule has 0 atom stereocenters. The number of pyridine rings is 2. The summed E-state index contributed by atoms with van der Waals surface area (Å²) in [5.74, 6) is 1.33. The average molecular weight is 382 g/mol. The molecule has 4 rings (SSSR count). The first-order valence-corrected chi connectivity index (χ1v) is 9.69. The van der Waals surface area contributed by atoms with Crippen LogP contribution in [-0.4, -0.2) is 29.9 Å². The fourth-order valence-electron chi connectivity index (χ4n) is 3.09. The maximum absolute atomic E-state index is 4.72. The largest absolute Gasteiger partial charge is 0.250 e. The van der Waals surface area contributed by atoms with Crippen LogP contribution in [0.3, 0.4) is 0 Å². The highest BCUT2D eigenvalue weighted by atomic mass is 14.9. The smallest absolute Gasteiger partial charge is 0.178 e. The van der Waals surface area contributed by atoms with Crippen LogP contribution in [0.5, 0.6) is 0 Å². The fraction of sp³-hybridized carbons (Fsp3) is 0.217. The van der Waals surface area contributed by atoms with Gasteiger partial charge in [0.15, 0.2) is 11.6 Å². The van der Waals surface area contributed by atoms with E-state index in [1.165, 1.54) is 0 Å². The molecular weight excluding hydrogens is 360 g/mol. The fourth-order valence-corrected chi connectivity index (χ4v) is 3.09. The Balaban J connectivity index is 1.42. The molecule has 6 nitrogen and oxygen atoms in total. The van der Waals surface area contributed by atoms with Crippen molar-refractivity contribution in [3.05, 3.63) is 83.7 Å². The van der Waals surface area contributed by atoms with E-state index in [1.807, 2.05) is 62.4 Å². The molecule has 4 aromatic rings. The van der Waals surface area contributed by atoms with E-state index in [9.17, 15) is 0 Å². The molecule has 4 aromatic heterocycles. The van der Waals surface area contributed by atoms with Gasteiger partial charge in [-0.3, -0.25) is 0 Å². The van der Waals surface area contributed by atoms with Crippen LogP contribution in [0, 0.1) is 13.8 Å². The van der Waals surface area contributed by atoms with Crippen molar-refractivity contribution >= 4 is 0 Å². The Morgan fingerprint density at radius 1 is 0.586 bits per heavy atom. The summed E-state index contributed by atoms with van der Waals surface area (Å²) in [5.41, 5.74) is 5.55. The van der Waals surface area contributed by atoms with Crippen LogP contribution in [0.15, 0.2) is 60.9 Å². The number of aromatic nitrogens is 6. The van der Waals surface area contributed by atoms with Gasteiger partial charge in [-0.05, 0) is 69.5 Å². The summed E-state index contributed by atoms with van der Waals surface area (Å²) in [6, 6.07) is 15.7. The van der Waals surface area contributed by atoms with Crippen LogP contribution in [-0.2, 0) is 12.8 Å². The van der Waals surface area contributed by atoms with E-state index < -0.39 is 0 Å². The summed E-state index contributed by atoms with van der Waals surface area (Å²) in [6.07, 6.45) is 6.23. The Labute approximate surface area is 170 Å². The number of hydrogen-bond acceptors (Lipinski definition) is 6. The SMILES string of the molecule is Cc1cccc(-c2nccc(CCCc3cccc(-c4nccc(C)n4)n3)n2)n1. The Kier molecular flexibility index (Phi) is 5.61. The van der Waals surface area contributed by atoms with Gasteiger partial charge in [-0.2, -0.15) is 0 Å². The van der Waals surface area contributed by atoms with Gasteiger partial charge >= 0.3 is 0 Å². The predicted octanol–water partition coefficient (Wildman–Crippen LogP) is 4.18. The zero-order valence-electron chi connectivity index (χ0n) is 16.6. The lowest BCUT2D eigenvalue weighted by atomic mass is 10.1. The van der Waals surface area contributed by atoms with Gasteiger partial charge in [0.05, 0.1) is 0 Å². The molecule has 4 heterocycles. The summed E-state index contributed by atoms with van der Waals surface area (Å²) in [4.78, 5) is 27.1. The van der Waals surface area contributed by atoms with Gasteiger partial charge in [-0.25, -0.2) is 29.9 Å². The van der Waals surface area contributed by atoms with E-state index in [4.69, 9.17) is 4.98 Å². The second kappa shape index (κ2) is 8.65. The number of nitrogens with zero attached hydrogens (tertiary/aromatic N) is 6. The van der Waals surface area contributed by atoms with Crippen LogP contribution in [0.4, 0.5) is 0 Å². The third-order valence-corrected chi connectivity index (χ3v) is 4.53. The lowest BCUT2D eigenvalue weighted by molar-refractivity contribution is 0.778. The van der Waals surface area contributed by atoms with Crippen molar-refractivity contribution in [3.8, 4) is 23.0 Å². The summed E-state index contributed by atoms with van der Waals surface area (Å²) < 4.78 is 0. The normalized spacial score (nSPS) is 10.8. The zero-order chi connectivity index (χ0) is 20.1. The first-order valence-electron chi connectivity index (χ1n) is 9.69. The van der Waals surface area contributed by atoms with E-state index in [-0.39, 0.29) is 0 Å². The molecule has 0 saturated carbocycles. The van der Waals surface area contributed by atoms with Crippen LogP contribution in [0.1, 0.15) is 29.2 Å². The maximum atomic E-state index is 4.72. The molecule has 29 heavy (non-hydrogen) atoms. The van der Waals surface area contributed by atoms with Gasteiger partial charge in [0.2, 0.25) is 0 Å². The second-order valence-electron chi connectivity index (χ2n) is 6.93. The van der Waals surface area contributed by atoms with E-state index in [0.717, 1.165) is 53.4 Å². The van der Waals surface area contributed by atoms with Gasteiger partial charge in [-0.1, -0.05) is 12.1 Å². The van der Waals surface area contributed by atoms with E-state index >= 15 is 0 Å². The molecular formula is C23H22N6. The zero-order valence-corrected chi connectivity index (χ0v) is 16.6. The second-order valence-corrected chi connectivity index (χ2v) is 6.93. The Hall–Kier alpha value is -3.54. The molecule has 0 aliphatic heterocycles. The molecule has 0 aliphatic carbocycles. The summed E-state index contributed by atoms with van der Waals surface area (Å²) >= 11 is 0. The first-order chi connectivity index (χ1) is 14.2. The van der Waals surface area contributed by atoms with Crippen LogP contribution < -0.4 is 0 Å². The molecule has 0 aliphatic rings. The number of hydrogen-bond donors (Lipinski definition) is 0. The van der Waals surface area contributed by atoms with Crippen molar-refractivity contribution in [3.63, 3.8) is 0 Å². The highest BCUT2D eigenvalue weighted by Gasteiger charge is 2.07. The minimum Gasteiger partial charge on any atom is -0.250 e. The summed E-state index contributed by atoms with van der Waals surface area (Å²) in [6.45, 7) is 3.92. The van der Waals surface area contributed by atoms with Crippen molar-refractivity contribution < 1.29 is 0 Å². The highest BCUT2D eigenvalue weighted by Crippen LogP contribution is 2.15. The van der Waals surface area contributed by atoms with Crippen molar-refractivity contribution in [1.29, 1.82) is 0 Å². The minimum absolute atomic E-state index is 0.665. The average Bonchev–Trinajstić information content (AvgIpc) is 2.74. The van der Waals surface area contributed by atoms with E-state index in [0.29, 0.717) is 11.6 Å². The molecule has 0 bridgehead atoms. The summed E-state index contributed by atoms with van der Waals surface area (Å²) in [5, 5.41) is 0. The molecule has 144 valence electrons. The van der Waals surface area contributed by atoms with Crippen molar-refractivity contribution in [2.75, 3.05) is 0 Å². The van der Waals surface area contributed by atoms with E-state index in [2.05, 4.69) is 24.9 Å². The highest BCUT2D eigenvalue weighted by molar-refractivity contribution is 5.49. The third-order valence-electron chi connectivity index (χ3n) is 4.53. The van der Waals surface area contributed by atoms with Crippen molar-refractivity contribution in [2.24, 2.45) is 0 Å². The van der Waals surface area contributed by atoms with Crippen LogP contribution >= 0.6 is 0 Å². The number of aryl methyl sites for hydroxylation is 4. The van der Waals surface area contributed by atoms with Gasteiger partial charge in [0, 0.05) is 35.2 Å². The molecule has 0 spiro atoms. The lowest BCUT2D eigenvalue weighted by Gasteiger charge is -2.06. The van der Waals surface area contributed by atoms with Crippen molar-refractivity contribution in [2.45, 2.75) is 33.1 Å². The minimum atomic E-state index is 0.665. The standard InChI is InChI=1S/C23H22N6/c1-16-6-3-10-20(26-16)23-25-15-13-19(29-23)8-4-7-18-9-5-11-21(28-18)22-24-14-12-17(2)27-22/h3,5-6,9-15H,4,7-8H2,1-2H3. The van der Waals surface area contributed by atoms with Gasteiger partial charge in [-0.15, -0.1) is 0 Å². The Bertz CT molecular complexity index is 1040. The molecule has 0 fully saturated rings. The molecule has 0 aromatic carbocycles. The molecule has 6 heteroatoms.